The summed E-state index contributed by atoms with van der Waals surface area (Å²) >= 11 is -0.367. The van der Waals surface area contributed by atoms with Gasteiger partial charge < -0.3 is 0 Å². The molecule has 0 aliphatic carbocycles. The monoisotopic (exact) mass is 230 g/mol. The van der Waals surface area contributed by atoms with Crippen LogP contribution in [0.1, 0.15) is 0 Å². The Hall–Kier alpha value is -0.130. The number of halogens is 2. The van der Waals surface area contributed by atoms with Gasteiger partial charge in [-0.15, -0.1) is 0 Å². The Kier molecular flexibility index (Phi) is 3.76. The summed E-state index contributed by atoms with van der Waals surface area (Å²) in [7, 11) is 0. The summed E-state index contributed by atoms with van der Waals surface area (Å²) in [5.74, 6) is -1.59. The maximum absolute atomic E-state index is 11.7. The molecular formula is C4H6FINO-. The van der Waals surface area contributed by atoms with Crippen molar-refractivity contribution in [2.24, 2.45) is 0 Å². The average molecular weight is 230 g/mol. The molecule has 0 aromatic carbocycles. The Balaban J connectivity index is 3.49. The van der Waals surface area contributed by atoms with Crippen LogP contribution < -0.4 is 25.0 Å². The summed E-state index contributed by atoms with van der Waals surface area (Å²) < 4.78 is 14.0. The molecule has 4 heteroatoms. The van der Waals surface area contributed by atoms with E-state index in [1.807, 2.05) is 4.93 Å². The van der Waals surface area contributed by atoms with Crippen LogP contribution in [0.4, 0.5) is 4.39 Å². The number of hydrogen-bond donors (Lipinski definition) is 1. The van der Waals surface area contributed by atoms with Crippen molar-refractivity contribution in [2.45, 2.75) is 0 Å². The number of rotatable bonds is 2. The molecule has 0 fully saturated rings. The molecule has 0 bridgehead atoms. The Morgan fingerprint density at radius 2 is 2.38 bits per heavy atom. The van der Waals surface area contributed by atoms with Gasteiger partial charge in [0.2, 0.25) is 0 Å². The van der Waals surface area contributed by atoms with Crippen LogP contribution in [0.3, 0.4) is 0 Å². The van der Waals surface area contributed by atoms with Crippen molar-refractivity contribution in [3.63, 3.8) is 0 Å². The normalized spacial score (nSPS) is 8.75. The van der Waals surface area contributed by atoms with Gasteiger partial charge in [-0.05, 0) is 0 Å². The minimum absolute atomic E-state index is 0.367. The van der Waals surface area contributed by atoms with Gasteiger partial charge in [0, 0.05) is 0 Å². The summed E-state index contributed by atoms with van der Waals surface area (Å²) in [4.78, 5) is 12.0. The maximum atomic E-state index is 11.7. The third-order valence-corrected chi connectivity index (χ3v) is 1.46. The second kappa shape index (κ2) is 3.82. The summed E-state index contributed by atoms with van der Waals surface area (Å²) in [5.41, 5.74) is 0. The zero-order valence-corrected chi connectivity index (χ0v) is 6.53. The van der Waals surface area contributed by atoms with Gasteiger partial charge in [0.25, 0.3) is 0 Å². The third kappa shape index (κ3) is 2.95. The van der Waals surface area contributed by atoms with E-state index in [0.29, 0.717) is 0 Å². The molecule has 0 heterocycles. The predicted octanol–water partition coefficient (Wildman–Crippen LogP) is -2.78. The topological polar surface area (TPSA) is 29.1 Å². The molecule has 0 rings (SSSR count). The summed E-state index contributed by atoms with van der Waals surface area (Å²) in [6.07, 6.45) is 0. The quantitative estimate of drug-likeness (QED) is 0.236. The first-order valence-corrected chi connectivity index (χ1v) is 5.05. The fourth-order valence-corrected chi connectivity index (χ4v) is 0.920. The van der Waals surface area contributed by atoms with Crippen LogP contribution in [0.5, 0.6) is 0 Å². The number of hydrogen-bond acceptors (Lipinski definition) is 1. The van der Waals surface area contributed by atoms with Crippen molar-refractivity contribution in [3.8, 4) is 0 Å². The molecule has 0 saturated carbocycles. The molecule has 1 amide bonds. The van der Waals surface area contributed by atoms with Gasteiger partial charge in [0.1, 0.15) is 0 Å². The Morgan fingerprint density at radius 1 is 1.88 bits per heavy atom. The first-order valence-electron chi connectivity index (χ1n) is 1.81. The van der Waals surface area contributed by atoms with E-state index < -0.39 is 11.7 Å². The molecule has 0 aromatic heterocycles. The SMILES string of the molecule is C=C(F)C(=O)N[I-]C. The van der Waals surface area contributed by atoms with Crippen LogP contribution >= 0.6 is 0 Å². The molecule has 48 valence electrons. The van der Waals surface area contributed by atoms with E-state index in [1.54, 1.807) is 0 Å². The third-order valence-electron chi connectivity index (χ3n) is 0.427. The zero-order valence-electron chi connectivity index (χ0n) is 4.37. The molecule has 8 heavy (non-hydrogen) atoms. The minimum atomic E-state index is -0.911. The number of carbonyl (C=O) groups excluding carboxylic acids is 1. The van der Waals surface area contributed by atoms with Crippen LogP contribution in [0.15, 0.2) is 12.4 Å². The van der Waals surface area contributed by atoms with E-state index >= 15 is 0 Å². The van der Waals surface area contributed by atoms with Crippen molar-refractivity contribution < 1.29 is 30.7 Å². The molecule has 0 aliphatic rings. The summed E-state index contributed by atoms with van der Waals surface area (Å²) in [6.45, 7) is 2.81. The Morgan fingerprint density at radius 3 is 2.50 bits per heavy atom. The second-order valence-corrected chi connectivity index (χ2v) is 2.64. The molecule has 0 aromatic rings. The van der Waals surface area contributed by atoms with E-state index in [-0.39, 0.29) is 21.5 Å². The second-order valence-electron chi connectivity index (χ2n) is 1.02. The number of carbonyl (C=O) groups is 1. The standard InChI is InChI=1S/C4H6FINO/c1-3(5)4(8)7-6-2/h1H2,2H3,(H,7,8)/q-1. The molecule has 0 radical (unpaired) electrons. The number of alkyl halides is 1. The van der Waals surface area contributed by atoms with Gasteiger partial charge in [-0.1, -0.05) is 0 Å². The molecular weight excluding hydrogens is 224 g/mol. The van der Waals surface area contributed by atoms with Crippen molar-refractivity contribution in [2.75, 3.05) is 4.93 Å². The molecule has 0 atom stereocenters. The van der Waals surface area contributed by atoms with Gasteiger partial charge in [-0.2, -0.15) is 0 Å². The molecule has 2 nitrogen and oxygen atoms in total. The molecule has 0 saturated heterocycles. The zero-order chi connectivity index (χ0) is 6.57. The molecule has 0 aliphatic heterocycles. The van der Waals surface area contributed by atoms with E-state index in [0.717, 1.165) is 0 Å². The van der Waals surface area contributed by atoms with Crippen molar-refractivity contribution in [1.82, 2.24) is 3.53 Å². The van der Waals surface area contributed by atoms with Gasteiger partial charge in [-0.3, -0.25) is 0 Å². The van der Waals surface area contributed by atoms with Crippen molar-refractivity contribution in [1.29, 1.82) is 0 Å². The fourth-order valence-electron chi connectivity index (χ4n) is 0.137. The first kappa shape index (κ1) is 7.87. The van der Waals surface area contributed by atoms with E-state index in [2.05, 4.69) is 10.1 Å². The van der Waals surface area contributed by atoms with Crippen LogP contribution in [0.25, 0.3) is 0 Å². The molecule has 0 unspecified atom stereocenters. The van der Waals surface area contributed by atoms with Crippen LogP contribution in [0, 0.1) is 0 Å². The van der Waals surface area contributed by atoms with Gasteiger partial charge in [0.05, 0.1) is 0 Å². The van der Waals surface area contributed by atoms with Gasteiger partial charge in [-0.25, -0.2) is 0 Å². The van der Waals surface area contributed by atoms with Gasteiger partial charge in [0.15, 0.2) is 0 Å². The number of nitrogens with one attached hydrogen (secondary N) is 1. The Bertz CT molecular complexity index is 115. The first-order chi connectivity index (χ1) is 3.68. The van der Waals surface area contributed by atoms with Crippen molar-refractivity contribution in [3.05, 3.63) is 12.4 Å². The Labute approximate surface area is 57.8 Å². The molecule has 1 N–H and O–H groups in total. The van der Waals surface area contributed by atoms with Crippen molar-refractivity contribution >= 4 is 5.91 Å². The molecule has 0 spiro atoms. The van der Waals surface area contributed by atoms with Gasteiger partial charge >= 0.3 is 57.4 Å². The van der Waals surface area contributed by atoms with Crippen LogP contribution in [-0.2, 0) is 4.79 Å². The summed E-state index contributed by atoms with van der Waals surface area (Å²) in [5, 5.41) is 0. The summed E-state index contributed by atoms with van der Waals surface area (Å²) in [6, 6.07) is 0. The van der Waals surface area contributed by atoms with E-state index in [4.69, 9.17) is 0 Å². The average Bonchev–Trinajstić information content (AvgIpc) is 1.67. The fraction of sp³-hybridized carbons (Fsp3) is 0.250. The van der Waals surface area contributed by atoms with E-state index in [9.17, 15) is 9.18 Å². The van der Waals surface area contributed by atoms with E-state index in [1.165, 1.54) is 0 Å². The predicted molar refractivity (Wildman–Crippen MR) is 24.3 cm³/mol. The van der Waals surface area contributed by atoms with Crippen LogP contribution in [0.2, 0.25) is 0 Å². The number of amides is 1. The van der Waals surface area contributed by atoms with Crippen LogP contribution in [-0.4, -0.2) is 10.8 Å².